The van der Waals surface area contributed by atoms with Crippen molar-refractivity contribution in [2.45, 2.75) is 0 Å². The molecule has 1 aromatic carbocycles. The number of para-hydroxylation sites is 1. The molecular formula is C14H19ClN4O2. The Hall–Kier alpha value is -1.63. The fourth-order valence-corrected chi connectivity index (χ4v) is 2.46. The zero-order valence-corrected chi connectivity index (χ0v) is 12.5. The van der Waals surface area contributed by atoms with Gasteiger partial charge >= 0.3 is 0 Å². The van der Waals surface area contributed by atoms with Gasteiger partial charge in [0.05, 0.1) is 23.8 Å². The third-order valence-corrected chi connectivity index (χ3v) is 3.69. The van der Waals surface area contributed by atoms with Crippen LogP contribution in [-0.4, -0.2) is 60.9 Å². The molecule has 1 aliphatic rings. The highest BCUT2D eigenvalue weighted by atomic mass is 35.5. The Kier molecular flexibility index (Phi) is 5.55. The van der Waals surface area contributed by atoms with Gasteiger partial charge in [0.2, 0.25) is 11.8 Å². The Morgan fingerprint density at radius 2 is 1.67 bits per heavy atom. The molecule has 0 bridgehead atoms. The average molecular weight is 311 g/mol. The Morgan fingerprint density at radius 3 is 2.24 bits per heavy atom. The molecule has 1 fully saturated rings. The minimum atomic E-state index is -0.320. The third kappa shape index (κ3) is 5.00. The molecule has 2 amide bonds. The van der Waals surface area contributed by atoms with Crippen LogP contribution < -0.4 is 11.1 Å². The van der Waals surface area contributed by atoms with Crippen LogP contribution >= 0.6 is 11.6 Å². The molecule has 0 atom stereocenters. The van der Waals surface area contributed by atoms with Crippen LogP contribution in [0.1, 0.15) is 0 Å². The monoisotopic (exact) mass is 310 g/mol. The first-order valence-electron chi connectivity index (χ1n) is 6.82. The number of hydrogen-bond acceptors (Lipinski definition) is 4. The summed E-state index contributed by atoms with van der Waals surface area (Å²) in [6.45, 7) is 3.55. The minimum absolute atomic E-state index is 0.0912. The molecule has 2 rings (SSSR count). The molecule has 0 aliphatic carbocycles. The second kappa shape index (κ2) is 7.40. The van der Waals surface area contributed by atoms with Crippen molar-refractivity contribution in [2.24, 2.45) is 5.73 Å². The summed E-state index contributed by atoms with van der Waals surface area (Å²) >= 11 is 6.00. The topological polar surface area (TPSA) is 78.7 Å². The maximum absolute atomic E-state index is 12.0. The summed E-state index contributed by atoms with van der Waals surface area (Å²) in [5, 5.41) is 3.33. The van der Waals surface area contributed by atoms with E-state index in [1.54, 1.807) is 12.1 Å². The maximum atomic E-state index is 12.0. The van der Waals surface area contributed by atoms with E-state index in [4.69, 9.17) is 17.3 Å². The third-order valence-electron chi connectivity index (χ3n) is 3.36. The molecule has 0 radical (unpaired) electrons. The van der Waals surface area contributed by atoms with Gasteiger partial charge in [-0.1, -0.05) is 23.7 Å². The van der Waals surface area contributed by atoms with Gasteiger partial charge in [0.25, 0.3) is 0 Å². The van der Waals surface area contributed by atoms with Gasteiger partial charge in [0, 0.05) is 26.2 Å². The van der Waals surface area contributed by atoms with Crippen LogP contribution in [0, 0.1) is 0 Å². The normalized spacial score (nSPS) is 16.6. The number of nitrogens with one attached hydrogen (secondary N) is 1. The predicted molar refractivity (Wildman–Crippen MR) is 82.2 cm³/mol. The summed E-state index contributed by atoms with van der Waals surface area (Å²) in [7, 11) is 0. The van der Waals surface area contributed by atoms with Crippen molar-refractivity contribution >= 4 is 29.1 Å². The molecular weight excluding hydrogens is 292 g/mol. The first-order valence-corrected chi connectivity index (χ1v) is 7.20. The van der Waals surface area contributed by atoms with Crippen LogP contribution in [0.25, 0.3) is 0 Å². The van der Waals surface area contributed by atoms with Gasteiger partial charge in [-0.15, -0.1) is 0 Å². The molecule has 1 saturated heterocycles. The van der Waals surface area contributed by atoms with Crippen LogP contribution in [0.4, 0.5) is 5.69 Å². The molecule has 0 spiro atoms. The number of rotatable bonds is 5. The Labute approximate surface area is 128 Å². The van der Waals surface area contributed by atoms with E-state index in [1.165, 1.54) is 0 Å². The van der Waals surface area contributed by atoms with E-state index in [-0.39, 0.29) is 18.4 Å². The second-order valence-electron chi connectivity index (χ2n) is 5.05. The molecule has 1 aliphatic heterocycles. The summed E-state index contributed by atoms with van der Waals surface area (Å²) < 4.78 is 0. The molecule has 1 aromatic rings. The first-order chi connectivity index (χ1) is 10.0. The van der Waals surface area contributed by atoms with Crippen molar-refractivity contribution in [3.63, 3.8) is 0 Å². The number of nitrogens with two attached hydrogens (primary N) is 1. The first kappa shape index (κ1) is 15.8. The van der Waals surface area contributed by atoms with Crippen LogP contribution in [0.5, 0.6) is 0 Å². The van der Waals surface area contributed by atoms with Gasteiger partial charge in [-0.05, 0) is 12.1 Å². The number of hydrogen-bond donors (Lipinski definition) is 2. The molecule has 0 saturated carbocycles. The maximum Gasteiger partial charge on any atom is 0.238 e. The predicted octanol–water partition coefficient (Wildman–Crippen LogP) is 0.381. The highest BCUT2D eigenvalue weighted by molar-refractivity contribution is 6.33. The summed E-state index contributed by atoms with van der Waals surface area (Å²) in [4.78, 5) is 26.9. The molecule has 7 heteroatoms. The zero-order chi connectivity index (χ0) is 15.2. The van der Waals surface area contributed by atoms with Crippen molar-refractivity contribution in [2.75, 3.05) is 44.6 Å². The number of halogens is 1. The molecule has 0 unspecified atom stereocenters. The van der Waals surface area contributed by atoms with E-state index in [0.717, 1.165) is 26.2 Å². The summed E-state index contributed by atoms with van der Waals surface area (Å²) in [6.07, 6.45) is 0. The fourth-order valence-electron chi connectivity index (χ4n) is 2.28. The van der Waals surface area contributed by atoms with Gasteiger partial charge < -0.3 is 11.1 Å². The van der Waals surface area contributed by atoms with E-state index < -0.39 is 0 Å². The second-order valence-corrected chi connectivity index (χ2v) is 5.45. The van der Waals surface area contributed by atoms with Crippen LogP contribution in [-0.2, 0) is 9.59 Å². The quantitative estimate of drug-likeness (QED) is 0.824. The number of amides is 2. The van der Waals surface area contributed by atoms with Crippen LogP contribution in [0.15, 0.2) is 24.3 Å². The molecule has 114 valence electrons. The van der Waals surface area contributed by atoms with Gasteiger partial charge in [-0.2, -0.15) is 0 Å². The highest BCUT2D eigenvalue weighted by Gasteiger charge is 2.20. The smallest absolute Gasteiger partial charge is 0.238 e. The lowest BCUT2D eigenvalue weighted by atomic mass is 10.3. The summed E-state index contributed by atoms with van der Waals surface area (Å²) in [5.41, 5.74) is 5.79. The number of primary amides is 1. The van der Waals surface area contributed by atoms with Gasteiger partial charge in [-0.25, -0.2) is 0 Å². The molecule has 0 aromatic heterocycles. The molecule has 6 nitrogen and oxygen atoms in total. The number of carbonyl (C=O) groups is 2. The van der Waals surface area contributed by atoms with Crippen LogP contribution in [0.2, 0.25) is 5.02 Å². The summed E-state index contributed by atoms with van der Waals surface area (Å²) in [5.74, 6) is -0.411. The SMILES string of the molecule is NC(=O)CN1CCN(CC(=O)Nc2ccccc2Cl)CC1. The molecule has 21 heavy (non-hydrogen) atoms. The van der Waals surface area contributed by atoms with Crippen molar-refractivity contribution < 1.29 is 9.59 Å². The number of anilines is 1. The number of benzene rings is 1. The lowest BCUT2D eigenvalue weighted by Gasteiger charge is -2.33. The molecule has 1 heterocycles. The number of carbonyl (C=O) groups excluding carboxylic acids is 2. The molecule has 3 N–H and O–H groups in total. The van der Waals surface area contributed by atoms with E-state index in [1.807, 2.05) is 21.9 Å². The lowest BCUT2D eigenvalue weighted by Crippen LogP contribution is -2.50. The number of piperazine rings is 1. The lowest BCUT2D eigenvalue weighted by molar-refractivity contribution is -0.121. The van der Waals surface area contributed by atoms with Gasteiger partial charge in [-0.3, -0.25) is 19.4 Å². The van der Waals surface area contributed by atoms with Gasteiger partial charge in [0.1, 0.15) is 0 Å². The van der Waals surface area contributed by atoms with E-state index >= 15 is 0 Å². The van der Waals surface area contributed by atoms with E-state index in [2.05, 4.69) is 5.32 Å². The minimum Gasteiger partial charge on any atom is -0.369 e. The Bertz CT molecular complexity index is 515. The fraction of sp³-hybridized carbons (Fsp3) is 0.429. The van der Waals surface area contributed by atoms with Gasteiger partial charge in [0.15, 0.2) is 0 Å². The van der Waals surface area contributed by atoms with Crippen molar-refractivity contribution in [1.82, 2.24) is 9.80 Å². The largest absolute Gasteiger partial charge is 0.369 e. The standard InChI is InChI=1S/C14H19ClN4O2/c15-11-3-1-2-4-12(11)17-14(21)10-19-7-5-18(6-8-19)9-13(16)20/h1-4H,5-10H2,(H2,16,20)(H,17,21). The average Bonchev–Trinajstić information content (AvgIpc) is 2.43. The van der Waals surface area contributed by atoms with Crippen LogP contribution in [0.3, 0.4) is 0 Å². The number of nitrogens with zero attached hydrogens (tertiary/aromatic N) is 2. The van der Waals surface area contributed by atoms with Crippen molar-refractivity contribution in [3.8, 4) is 0 Å². The zero-order valence-electron chi connectivity index (χ0n) is 11.7. The highest BCUT2D eigenvalue weighted by Crippen LogP contribution is 2.20. The summed E-state index contributed by atoms with van der Waals surface area (Å²) in [6, 6.07) is 7.14. The Morgan fingerprint density at radius 1 is 1.10 bits per heavy atom. The van der Waals surface area contributed by atoms with Crippen molar-refractivity contribution in [3.05, 3.63) is 29.3 Å². The Balaban J connectivity index is 1.77. The van der Waals surface area contributed by atoms with E-state index in [9.17, 15) is 9.59 Å². The van der Waals surface area contributed by atoms with Crippen molar-refractivity contribution in [1.29, 1.82) is 0 Å². The van der Waals surface area contributed by atoms with E-state index in [0.29, 0.717) is 17.3 Å².